The number of amides is 1. The van der Waals surface area contributed by atoms with Crippen LogP contribution in [0.5, 0.6) is 0 Å². The van der Waals surface area contributed by atoms with Crippen molar-refractivity contribution < 1.29 is 4.79 Å². The monoisotopic (exact) mass is 255 g/mol. The third kappa shape index (κ3) is 3.57. The summed E-state index contributed by atoms with van der Waals surface area (Å²) in [5, 5.41) is 5.34. The van der Waals surface area contributed by atoms with Crippen molar-refractivity contribution in [3.63, 3.8) is 0 Å². The van der Waals surface area contributed by atoms with E-state index < -0.39 is 0 Å². The van der Waals surface area contributed by atoms with E-state index in [9.17, 15) is 4.79 Å². The molecule has 0 bridgehead atoms. The summed E-state index contributed by atoms with van der Waals surface area (Å²) in [6, 6.07) is 14.2. The number of carbonyl (C=O) groups is 1. The number of rotatable bonds is 4. The molecule has 2 aromatic carbocycles. The SMILES string of the molecule is CC(C)CC(C)C(=O)Nc1ccc2ccccc2c1. The minimum absolute atomic E-state index is 0.0477. The van der Waals surface area contributed by atoms with Gasteiger partial charge in [0.05, 0.1) is 0 Å². The predicted octanol–water partition coefficient (Wildman–Crippen LogP) is 4.46. The first-order valence-corrected chi connectivity index (χ1v) is 6.86. The van der Waals surface area contributed by atoms with Crippen molar-refractivity contribution in [3.8, 4) is 0 Å². The fourth-order valence-corrected chi connectivity index (χ4v) is 2.35. The van der Waals surface area contributed by atoms with Crippen molar-refractivity contribution in [3.05, 3.63) is 42.5 Å². The summed E-state index contributed by atoms with van der Waals surface area (Å²) < 4.78 is 0. The molecular formula is C17H21NO. The van der Waals surface area contributed by atoms with Gasteiger partial charge in [-0.15, -0.1) is 0 Å². The van der Waals surface area contributed by atoms with Crippen LogP contribution in [0.4, 0.5) is 5.69 Å². The fraction of sp³-hybridized carbons (Fsp3) is 0.353. The zero-order chi connectivity index (χ0) is 13.8. The van der Waals surface area contributed by atoms with Gasteiger partial charge in [0.25, 0.3) is 0 Å². The highest BCUT2D eigenvalue weighted by Crippen LogP contribution is 2.20. The molecule has 2 nitrogen and oxygen atoms in total. The van der Waals surface area contributed by atoms with E-state index in [1.165, 1.54) is 5.39 Å². The molecule has 0 aliphatic heterocycles. The van der Waals surface area contributed by atoms with E-state index in [2.05, 4.69) is 31.3 Å². The average Bonchev–Trinajstić information content (AvgIpc) is 2.37. The molecule has 0 saturated heterocycles. The molecule has 1 N–H and O–H groups in total. The molecule has 0 aliphatic carbocycles. The fourth-order valence-electron chi connectivity index (χ4n) is 2.35. The van der Waals surface area contributed by atoms with E-state index in [4.69, 9.17) is 0 Å². The van der Waals surface area contributed by atoms with Gasteiger partial charge in [0.15, 0.2) is 0 Å². The number of anilines is 1. The highest BCUT2D eigenvalue weighted by molar-refractivity contribution is 5.95. The molecule has 0 saturated carbocycles. The van der Waals surface area contributed by atoms with Crippen LogP contribution in [-0.4, -0.2) is 5.91 Å². The lowest BCUT2D eigenvalue weighted by molar-refractivity contribution is -0.119. The van der Waals surface area contributed by atoms with Gasteiger partial charge in [-0.2, -0.15) is 0 Å². The lowest BCUT2D eigenvalue weighted by Gasteiger charge is -2.14. The second-order valence-electron chi connectivity index (χ2n) is 5.58. The number of carbonyl (C=O) groups excluding carboxylic acids is 1. The largest absolute Gasteiger partial charge is 0.326 e. The Morgan fingerprint density at radius 2 is 1.74 bits per heavy atom. The van der Waals surface area contributed by atoms with Gasteiger partial charge in [0.2, 0.25) is 5.91 Å². The Morgan fingerprint density at radius 3 is 2.42 bits per heavy atom. The first-order valence-electron chi connectivity index (χ1n) is 6.86. The Bertz CT molecular complexity index is 574. The molecule has 1 amide bonds. The molecule has 100 valence electrons. The molecule has 2 aromatic rings. The average molecular weight is 255 g/mol. The maximum atomic E-state index is 12.1. The number of fused-ring (bicyclic) bond motifs is 1. The third-order valence-electron chi connectivity index (χ3n) is 3.29. The predicted molar refractivity (Wildman–Crippen MR) is 81.2 cm³/mol. The lowest BCUT2D eigenvalue weighted by atomic mass is 9.98. The third-order valence-corrected chi connectivity index (χ3v) is 3.29. The molecule has 0 aromatic heterocycles. The Hall–Kier alpha value is -1.83. The number of nitrogens with one attached hydrogen (secondary N) is 1. The molecule has 1 unspecified atom stereocenters. The van der Waals surface area contributed by atoms with Crippen LogP contribution in [0.1, 0.15) is 27.2 Å². The summed E-state index contributed by atoms with van der Waals surface area (Å²) in [4.78, 5) is 12.1. The minimum atomic E-state index is 0.0477. The molecule has 19 heavy (non-hydrogen) atoms. The lowest BCUT2D eigenvalue weighted by Crippen LogP contribution is -2.21. The second-order valence-corrected chi connectivity index (χ2v) is 5.58. The van der Waals surface area contributed by atoms with E-state index in [0.717, 1.165) is 17.5 Å². The van der Waals surface area contributed by atoms with Crippen molar-refractivity contribution in [1.29, 1.82) is 0 Å². The van der Waals surface area contributed by atoms with Crippen molar-refractivity contribution in [2.75, 3.05) is 5.32 Å². The highest BCUT2D eigenvalue weighted by atomic mass is 16.1. The van der Waals surface area contributed by atoms with Gasteiger partial charge in [-0.1, -0.05) is 51.1 Å². The summed E-state index contributed by atoms with van der Waals surface area (Å²) in [7, 11) is 0. The van der Waals surface area contributed by atoms with Crippen LogP contribution >= 0.6 is 0 Å². The van der Waals surface area contributed by atoms with E-state index >= 15 is 0 Å². The summed E-state index contributed by atoms with van der Waals surface area (Å²) in [5.41, 5.74) is 0.874. The van der Waals surface area contributed by atoms with Gasteiger partial charge in [-0.05, 0) is 35.2 Å². The minimum Gasteiger partial charge on any atom is -0.326 e. The Labute approximate surface area is 114 Å². The van der Waals surface area contributed by atoms with Crippen LogP contribution in [0.2, 0.25) is 0 Å². The zero-order valence-corrected chi connectivity index (χ0v) is 11.8. The van der Waals surface area contributed by atoms with Gasteiger partial charge in [0.1, 0.15) is 0 Å². The molecule has 1 atom stereocenters. The van der Waals surface area contributed by atoms with Crippen molar-refractivity contribution >= 4 is 22.4 Å². The van der Waals surface area contributed by atoms with Crippen molar-refractivity contribution in [1.82, 2.24) is 0 Å². The van der Waals surface area contributed by atoms with E-state index in [1.54, 1.807) is 0 Å². The number of hydrogen-bond acceptors (Lipinski definition) is 1. The van der Waals surface area contributed by atoms with Crippen LogP contribution < -0.4 is 5.32 Å². The summed E-state index contributed by atoms with van der Waals surface area (Å²) in [6.45, 7) is 6.26. The first-order chi connectivity index (χ1) is 9.06. The molecule has 0 fully saturated rings. The van der Waals surface area contributed by atoms with Gasteiger partial charge in [0, 0.05) is 11.6 Å². The zero-order valence-electron chi connectivity index (χ0n) is 11.8. The summed E-state index contributed by atoms with van der Waals surface area (Å²) >= 11 is 0. The molecule has 0 radical (unpaired) electrons. The Morgan fingerprint density at radius 1 is 1.05 bits per heavy atom. The maximum absolute atomic E-state index is 12.1. The van der Waals surface area contributed by atoms with Gasteiger partial charge < -0.3 is 5.32 Å². The van der Waals surface area contributed by atoms with Crippen LogP contribution in [-0.2, 0) is 4.79 Å². The van der Waals surface area contributed by atoms with Crippen LogP contribution in [0.15, 0.2) is 42.5 Å². The first kappa shape index (κ1) is 13.6. The normalized spacial score (nSPS) is 12.6. The van der Waals surface area contributed by atoms with Crippen LogP contribution in [0.3, 0.4) is 0 Å². The van der Waals surface area contributed by atoms with Gasteiger partial charge >= 0.3 is 0 Å². The standard InChI is InChI=1S/C17H21NO/c1-12(2)10-13(3)17(19)18-16-9-8-14-6-4-5-7-15(14)11-16/h4-9,11-13H,10H2,1-3H3,(H,18,19). The second kappa shape index (κ2) is 5.87. The number of benzene rings is 2. The van der Waals surface area contributed by atoms with E-state index in [0.29, 0.717) is 5.92 Å². The quantitative estimate of drug-likeness (QED) is 0.858. The topological polar surface area (TPSA) is 29.1 Å². The molecule has 0 heterocycles. The number of hydrogen-bond donors (Lipinski definition) is 1. The maximum Gasteiger partial charge on any atom is 0.227 e. The molecular weight excluding hydrogens is 234 g/mol. The Balaban J connectivity index is 2.10. The van der Waals surface area contributed by atoms with E-state index in [1.807, 2.05) is 37.3 Å². The van der Waals surface area contributed by atoms with Crippen molar-refractivity contribution in [2.24, 2.45) is 11.8 Å². The highest BCUT2D eigenvalue weighted by Gasteiger charge is 2.14. The summed E-state index contributed by atoms with van der Waals surface area (Å²) in [6.07, 6.45) is 0.916. The molecule has 2 heteroatoms. The van der Waals surface area contributed by atoms with Crippen LogP contribution in [0, 0.1) is 11.8 Å². The Kier molecular flexibility index (Phi) is 4.20. The van der Waals surface area contributed by atoms with Gasteiger partial charge in [-0.25, -0.2) is 0 Å². The van der Waals surface area contributed by atoms with Gasteiger partial charge in [-0.3, -0.25) is 4.79 Å². The smallest absolute Gasteiger partial charge is 0.227 e. The molecule has 2 rings (SSSR count). The summed E-state index contributed by atoms with van der Waals surface area (Å²) in [5.74, 6) is 0.688. The van der Waals surface area contributed by atoms with Crippen molar-refractivity contribution in [2.45, 2.75) is 27.2 Å². The van der Waals surface area contributed by atoms with E-state index in [-0.39, 0.29) is 11.8 Å². The molecule has 0 aliphatic rings. The molecule has 0 spiro atoms. The van der Waals surface area contributed by atoms with Crippen LogP contribution in [0.25, 0.3) is 10.8 Å².